The Hall–Kier alpha value is -2.21. The molecule has 2 heterocycles. The molecule has 1 atom stereocenters. The number of aromatic nitrogens is 1. The molecular weight excluding hydrogens is 357 g/mol. The van der Waals surface area contributed by atoms with Crippen LogP contribution in [0.15, 0.2) is 28.8 Å². The maximum atomic E-state index is 13.2. The van der Waals surface area contributed by atoms with Crippen LogP contribution in [0.1, 0.15) is 61.1 Å². The summed E-state index contributed by atoms with van der Waals surface area (Å²) in [7, 11) is 0. The fourth-order valence-corrected chi connectivity index (χ4v) is 4.56. The summed E-state index contributed by atoms with van der Waals surface area (Å²) in [6.07, 6.45) is 8.86. The van der Waals surface area contributed by atoms with E-state index in [1.807, 2.05) is 0 Å². The number of hydrogen-bond donors (Lipinski definition) is 1. The molecule has 0 bridgehead atoms. The fraction of sp³-hybridized carbons (Fsp3) is 0.545. The SMILES string of the molecule is Cc1onc(-c2ccc(F)cc2)c1C(=O)NC1CCN(C2CCCCCC2)C1. The third kappa shape index (κ3) is 4.12. The monoisotopic (exact) mass is 385 g/mol. The van der Waals surface area contributed by atoms with Crippen molar-refractivity contribution in [1.29, 1.82) is 0 Å². The van der Waals surface area contributed by atoms with Crippen molar-refractivity contribution in [2.45, 2.75) is 64.0 Å². The number of carbonyl (C=O) groups excluding carboxylic acids is 1. The minimum atomic E-state index is -0.320. The maximum absolute atomic E-state index is 13.2. The smallest absolute Gasteiger partial charge is 0.257 e. The first-order valence-corrected chi connectivity index (χ1v) is 10.4. The zero-order chi connectivity index (χ0) is 19.5. The van der Waals surface area contributed by atoms with Crippen LogP contribution in [-0.4, -0.2) is 41.1 Å². The molecule has 1 saturated heterocycles. The molecule has 1 unspecified atom stereocenters. The van der Waals surface area contributed by atoms with Crippen molar-refractivity contribution < 1.29 is 13.7 Å². The summed E-state index contributed by atoms with van der Waals surface area (Å²) in [4.78, 5) is 15.5. The Morgan fingerprint density at radius 3 is 2.57 bits per heavy atom. The van der Waals surface area contributed by atoms with Gasteiger partial charge in [0.05, 0.1) is 0 Å². The van der Waals surface area contributed by atoms with Gasteiger partial charge < -0.3 is 9.84 Å². The first kappa shape index (κ1) is 19.1. The van der Waals surface area contributed by atoms with Gasteiger partial charge in [0.15, 0.2) is 0 Å². The van der Waals surface area contributed by atoms with Crippen LogP contribution in [0.4, 0.5) is 4.39 Å². The molecule has 150 valence electrons. The average molecular weight is 385 g/mol. The van der Waals surface area contributed by atoms with Crippen molar-refractivity contribution in [2.24, 2.45) is 0 Å². The second kappa shape index (κ2) is 8.43. The molecule has 1 aromatic heterocycles. The predicted octanol–water partition coefficient (Wildman–Crippen LogP) is 4.32. The second-order valence-corrected chi connectivity index (χ2v) is 8.07. The number of likely N-dealkylation sites (tertiary alicyclic amines) is 1. The summed E-state index contributed by atoms with van der Waals surface area (Å²) >= 11 is 0. The van der Waals surface area contributed by atoms with Crippen molar-refractivity contribution in [3.8, 4) is 11.3 Å². The predicted molar refractivity (Wildman–Crippen MR) is 106 cm³/mol. The average Bonchev–Trinajstić information content (AvgIpc) is 3.20. The number of carbonyl (C=O) groups is 1. The van der Waals surface area contributed by atoms with Gasteiger partial charge in [0, 0.05) is 30.7 Å². The molecule has 1 aliphatic heterocycles. The molecule has 4 rings (SSSR count). The minimum Gasteiger partial charge on any atom is -0.360 e. The third-order valence-corrected chi connectivity index (χ3v) is 6.10. The van der Waals surface area contributed by atoms with Gasteiger partial charge >= 0.3 is 0 Å². The number of hydrogen-bond acceptors (Lipinski definition) is 4. The van der Waals surface area contributed by atoms with E-state index < -0.39 is 0 Å². The lowest BCUT2D eigenvalue weighted by Gasteiger charge is -2.26. The maximum Gasteiger partial charge on any atom is 0.257 e. The Kier molecular flexibility index (Phi) is 5.76. The molecule has 2 aliphatic rings. The molecule has 1 aliphatic carbocycles. The van der Waals surface area contributed by atoms with E-state index in [0.717, 1.165) is 19.5 Å². The summed E-state index contributed by atoms with van der Waals surface area (Å²) in [6, 6.07) is 6.77. The Morgan fingerprint density at radius 1 is 1.14 bits per heavy atom. The standard InChI is InChI=1S/C22H28FN3O2/c1-15-20(21(25-28-15)16-8-10-17(23)11-9-16)22(27)24-18-12-13-26(14-18)19-6-4-2-3-5-7-19/h8-11,18-19H,2-7,12-14H2,1H3,(H,24,27). The Bertz CT molecular complexity index is 810. The van der Waals surface area contributed by atoms with E-state index in [9.17, 15) is 9.18 Å². The molecule has 1 N–H and O–H groups in total. The molecule has 2 aromatic rings. The lowest BCUT2D eigenvalue weighted by atomic mass is 10.1. The number of benzene rings is 1. The van der Waals surface area contributed by atoms with Crippen LogP contribution in [0, 0.1) is 12.7 Å². The highest BCUT2D eigenvalue weighted by Crippen LogP contribution is 2.27. The van der Waals surface area contributed by atoms with Crippen LogP contribution in [-0.2, 0) is 0 Å². The fourth-order valence-electron chi connectivity index (χ4n) is 4.56. The van der Waals surface area contributed by atoms with Gasteiger partial charge in [0.1, 0.15) is 22.8 Å². The van der Waals surface area contributed by atoms with Gasteiger partial charge in [-0.1, -0.05) is 30.8 Å². The Morgan fingerprint density at radius 2 is 1.86 bits per heavy atom. The van der Waals surface area contributed by atoms with Gasteiger partial charge in [0.2, 0.25) is 0 Å². The van der Waals surface area contributed by atoms with E-state index in [1.54, 1.807) is 19.1 Å². The molecule has 1 aromatic carbocycles. The molecule has 1 amide bonds. The third-order valence-electron chi connectivity index (χ3n) is 6.10. The van der Waals surface area contributed by atoms with Crippen molar-refractivity contribution in [2.75, 3.05) is 13.1 Å². The number of aryl methyl sites for hydroxylation is 1. The van der Waals surface area contributed by atoms with Crippen LogP contribution >= 0.6 is 0 Å². The van der Waals surface area contributed by atoms with Crippen LogP contribution in [0.2, 0.25) is 0 Å². The van der Waals surface area contributed by atoms with Crippen molar-refractivity contribution in [1.82, 2.24) is 15.4 Å². The van der Waals surface area contributed by atoms with Crippen LogP contribution in [0.5, 0.6) is 0 Å². The van der Waals surface area contributed by atoms with Crippen molar-refractivity contribution in [3.05, 3.63) is 41.4 Å². The van der Waals surface area contributed by atoms with Crippen molar-refractivity contribution >= 4 is 5.91 Å². The number of nitrogens with one attached hydrogen (secondary N) is 1. The van der Waals surface area contributed by atoms with E-state index in [1.165, 1.54) is 50.7 Å². The number of halogens is 1. The zero-order valence-electron chi connectivity index (χ0n) is 16.4. The molecule has 28 heavy (non-hydrogen) atoms. The lowest BCUT2D eigenvalue weighted by Crippen LogP contribution is -2.40. The number of amides is 1. The van der Waals surface area contributed by atoms with Crippen LogP contribution < -0.4 is 5.32 Å². The number of rotatable bonds is 4. The summed E-state index contributed by atoms with van der Waals surface area (Å²) in [6.45, 7) is 3.69. The molecule has 1 saturated carbocycles. The van der Waals surface area contributed by atoms with Gasteiger partial charge in [-0.3, -0.25) is 9.69 Å². The van der Waals surface area contributed by atoms with E-state index in [0.29, 0.717) is 28.6 Å². The summed E-state index contributed by atoms with van der Waals surface area (Å²) in [5.74, 6) is 0.000709. The molecule has 0 spiro atoms. The topological polar surface area (TPSA) is 58.4 Å². The van der Waals surface area contributed by atoms with Gasteiger partial charge in [-0.25, -0.2) is 4.39 Å². The van der Waals surface area contributed by atoms with Crippen LogP contribution in [0.3, 0.4) is 0 Å². The minimum absolute atomic E-state index is 0.145. The first-order chi connectivity index (χ1) is 13.6. The van der Waals surface area contributed by atoms with E-state index >= 15 is 0 Å². The number of nitrogens with zero attached hydrogens (tertiary/aromatic N) is 2. The summed E-state index contributed by atoms with van der Waals surface area (Å²) in [5, 5.41) is 7.22. The highest BCUT2D eigenvalue weighted by molar-refractivity contribution is 6.00. The molecular formula is C22H28FN3O2. The Balaban J connectivity index is 1.43. The van der Waals surface area contributed by atoms with Gasteiger partial charge in [-0.15, -0.1) is 0 Å². The van der Waals surface area contributed by atoms with Crippen LogP contribution in [0.25, 0.3) is 11.3 Å². The highest BCUT2D eigenvalue weighted by Gasteiger charge is 2.31. The van der Waals surface area contributed by atoms with E-state index in [2.05, 4.69) is 15.4 Å². The van der Waals surface area contributed by atoms with E-state index in [4.69, 9.17) is 4.52 Å². The largest absolute Gasteiger partial charge is 0.360 e. The Labute approximate surface area is 165 Å². The summed E-state index contributed by atoms with van der Waals surface area (Å²) in [5.41, 5.74) is 1.59. The van der Waals surface area contributed by atoms with Gasteiger partial charge in [-0.05, 0) is 50.5 Å². The van der Waals surface area contributed by atoms with Crippen molar-refractivity contribution in [3.63, 3.8) is 0 Å². The lowest BCUT2D eigenvalue weighted by molar-refractivity contribution is 0.0934. The molecule has 6 heteroatoms. The molecule has 2 fully saturated rings. The normalized spacial score (nSPS) is 21.6. The molecule has 0 radical (unpaired) electrons. The zero-order valence-corrected chi connectivity index (χ0v) is 16.4. The van der Waals surface area contributed by atoms with Gasteiger partial charge in [0.25, 0.3) is 5.91 Å². The highest BCUT2D eigenvalue weighted by atomic mass is 19.1. The molecule has 5 nitrogen and oxygen atoms in total. The summed E-state index contributed by atoms with van der Waals surface area (Å²) < 4.78 is 18.5. The first-order valence-electron chi connectivity index (χ1n) is 10.4. The second-order valence-electron chi connectivity index (χ2n) is 8.07. The van der Waals surface area contributed by atoms with Gasteiger partial charge in [-0.2, -0.15) is 0 Å². The quantitative estimate of drug-likeness (QED) is 0.797. The van der Waals surface area contributed by atoms with E-state index in [-0.39, 0.29) is 17.8 Å².